The van der Waals surface area contributed by atoms with Crippen LogP contribution in [0.1, 0.15) is 16.7 Å². The van der Waals surface area contributed by atoms with Crippen LogP contribution < -0.4 is 5.32 Å². The first-order chi connectivity index (χ1) is 14.2. The molecule has 0 aliphatic heterocycles. The summed E-state index contributed by atoms with van der Waals surface area (Å²) in [5.74, 6) is -0.406. The fraction of sp³-hybridized carbons (Fsp3) is 0.174. The van der Waals surface area contributed by atoms with Crippen molar-refractivity contribution in [3.8, 4) is 0 Å². The molecule has 5 nitrogen and oxygen atoms in total. The normalized spacial score (nSPS) is 11.5. The van der Waals surface area contributed by atoms with E-state index < -0.39 is 15.9 Å². The van der Waals surface area contributed by atoms with Crippen LogP contribution in [0.3, 0.4) is 0 Å². The maximum atomic E-state index is 13.3. The van der Waals surface area contributed by atoms with Crippen molar-refractivity contribution >= 4 is 37.5 Å². The average Bonchev–Trinajstić information content (AvgIpc) is 2.68. The fourth-order valence-electron chi connectivity index (χ4n) is 3.03. The van der Waals surface area contributed by atoms with Crippen molar-refractivity contribution in [2.24, 2.45) is 0 Å². The highest BCUT2D eigenvalue weighted by molar-refractivity contribution is 9.10. The second-order valence-corrected chi connectivity index (χ2v) is 9.99. The third-order valence-electron chi connectivity index (χ3n) is 4.53. The van der Waals surface area contributed by atoms with Crippen LogP contribution in [0, 0.1) is 13.8 Å². The lowest BCUT2D eigenvalue weighted by Gasteiger charge is -2.22. The van der Waals surface area contributed by atoms with Crippen molar-refractivity contribution in [1.29, 1.82) is 0 Å². The van der Waals surface area contributed by atoms with Gasteiger partial charge in [0.05, 0.1) is 11.4 Å². The molecule has 3 aromatic carbocycles. The van der Waals surface area contributed by atoms with Crippen molar-refractivity contribution in [2.45, 2.75) is 25.3 Å². The van der Waals surface area contributed by atoms with Gasteiger partial charge in [-0.15, -0.1) is 0 Å². The molecular formula is C23H23BrN2O3S. The molecule has 0 radical (unpaired) electrons. The van der Waals surface area contributed by atoms with Gasteiger partial charge in [0.15, 0.2) is 0 Å². The van der Waals surface area contributed by atoms with Crippen LogP contribution in [0.2, 0.25) is 0 Å². The quantitative estimate of drug-likeness (QED) is 0.516. The van der Waals surface area contributed by atoms with Gasteiger partial charge in [-0.25, -0.2) is 8.42 Å². The van der Waals surface area contributed by atoms with Gasteiger partial charge in [0.25, 0.3) is 0 Å². The third-order valence-corrected chi connectivity index (χ3v) is 6.83. The first-order valence-electron chi connectivity index (χ1n) is 9.42. The molecule has 3 rings (SSSR count). The Morgan fingerprint density at radius 1 is 0.933 bits per heavy atom. The zero-order valence-corrected chi connectivity index (χ0v) is 19.2. The molecule has 30 heavy (non-hydrogen) atoms. The van der Waals surface area contributed by atoms with E-state index in [1.54, 1.807) is 42.5 Å². The van der Waals surface area contributed by atoms with Crippen molar-refractivity contribution in [3.05, 3.63) is 94.0 Å². The summed E-state index contributed by atoms with van der Waals surface area (Å²) in [6.45, 7) is 3.65. The van der Waals surface area contributed by atoms with E-state index in [4.69, 9.17) is 0 Å². The number of carbonyl (C=O) groups is 1. The highest BCUT2D eigenvalue weighted by Gasteiger charge is 2.27. The molecule has 0 unspecified atom stereocenters. The Morgan fingerprint density at radius 3 is 2.30 bits per heavy atom. The number of halogens is 1. The molecule has 1 N–H and O–H groups in total. The maximum Gasteiger partial charge on any atom is 0.243 e. The summed E-state index contributed by atoms with van der Waals surface area (Å²) < 4.78 is 28.7. The molecule has 0 aliphatic rings. The molecule has 0 aromatic heterocycles. The largest absolute Gasteiger partial charge is 0.325 e. The minimum Gasteiger partial charge on any atom is -0.325 e. The standard InChI is InChI=1S/C23H23BrN2O3S/c1-17-9-11-22(12-10-17)30(28,29)26(15-19-6-3-5-18(2)13-19)16-23(27)25-21-8-4-7-20(24)14-21/h3-14H,15-16H2,1-2H3,(H,25,27). The van der Waals surface area contributed by atoms with Crippen molar-refractivity contribution < 1.29 is 13.2 Å². The number of rotatable bonds is 7. The number of amides is 1. The molecule has 0 spiro atoms. The molecule has 0 saturated carbocycles. The second-order valence-electron chi connectivity index (χ2n) is 7.13. The van der Waals surface area contributed by atoms with Crippen LogP contribution in [-0.2, 0) is 21.4 Å². The summed E-state index contributed by atoms with van der Waals surface area (Å²) in [4.78, 5) is 12.9. The molecule has 156 valence electrons. The van der Waals surface area contributed by atoms with Gasteiger partial charge in [-0.2, -0.15) is 4.31 Å². The zero-order valence-electron chi connectivity index (χ0n) is 16.8. The summed E-state index contributed by atoms with van der Waals surface area (Å²) in [7, 11) is -3.86. The van der Waals surface area contributed by atoms with Crippen LogP contribution in [-0.4, -0.2) is 25.2 Å². The number of nitrogens with one attached hydrogen (secondary N) is 1. The summed E-state index contributed by atoms with van der Waals surface area (Å²) >= 11 is 3.36. The maximum absolute atomic E-state index is 13.3. The number of carbonyl (C=O) groups excluding carboxylic acids is 1. The van der Waals surface area contributed by atoms with Gasteiger partial charge < -0.3 is 5.32 Å². The van der Waals surface area contributed by atoms with Gasteiger partial charge in [-0.05, 0) is 49.7 Å². The van der Waals surface area contributed by atoms with Crippen molar-refractivity contribution in [3.63, 3.8) is 0 Å². The minimum atomic E-state index is -3.86. The molecule has 0 saturated heterocycles. The van der Waals surface area contributed by atoms with E-state index in [1.807, 2.05) is 44.2 Å². The van der Waals surface area contributed by atoms with E-state index in [2.05, 4.69) is 21.2 Å². The Hall–Kier alpha value is -2.48. The number of benzene rings is 3. The molecule has 0 aliphatic carbocycles. The van der Waals surface area contributed by atoms with Crippen LogP contribution >= 0.6 is 15.9 Å². The van der Waals surface area contributed by atoms with Gasteiger partial charge in [0.1, 0.15) is 0 Å². The first kappa shape index (κ1) is 22.2. The predicted molar refractivity (Wildman–Crippen MR) is 123 cm³/mol. The van der Waals surface area contributed by atoms with Crippen LogP contribution in [0.4, 0.5) is 5.69 Å². The van der Waals surface area contributed by atoms with Gasteiger partial charge in [0.2, 0.25) is 15.9 Å². The SMILES string of the molecule is Cc1ccc(S(=O)(=O)N(CC(=O)Nc2cccc(Br)c2)Cc2cccc(C)c2)cc1. The minimum absolute atomic E-state index is 0.101. The summed E-state index contributed by atoms with van der Waals surface area (Å²) in [5.41, 5.74) is 3.41. The highest BCUT2D eigenvalue weighted by Crippen LogP contribution is 2.20. The number of anilines is 1. The molecule has 0 atom stereocenters. The van der Waals surface area contributed by atoms with Crippen LogP contribution in [0.5, 0.6) is 0 Å². The Balaban J connectivity index is 1.88. The second kappa shape index (κ2) is 9.55. The monoisotopic (exact) mass is 486 g/mol. The van der Waals surface area contributed by atoms with Gasteiger partial charge in [-0.1, -0.05) is 69.5 Å². The highest BCUT2D eigenvalue weighted by atomic mass is 79.9. The van der Waals surface area contributed by atoms with Gasteiger partial charge >= 0.3 is 0 Å². The fourth-order valence-corrected chi connectivity index (χ4v) is 4.81. The van der Waals surface area contributed by atoms with Crippen LogP contribution in [0.25, 0.3) is 0 Å². The number of hydrogen-bond acceptors (Lipinski definition) is 3. The topological polar surface area (TPSA) is 66.5 Å². The number of hydrogen-bond donors (Lipinski definition) is 1. The lowest BCUT2D eigenvalue weighted by Crippen LogP contribution is -2.37. The molecule has 3 aromatic rings. The lowest BCUT2D eigenvalue weighted by atomic mass is 10.1. The van der Waals surface area contributed by atoms with Crippen molar-refractivity contribution in [2.75, 3.05) is 11.9 Å². The van der Waals surface area contributed by atoms with Crippen LogP contribution in [0.15, 0.2) is 82.2 Å². The smallest absolute Gasteiger partial charge is 0.243 e. The lowest BCUT2D eigenvalue weighted by molar-refractivity contribution is -0.116. The number of sulfonamides is 1. The Kier molecular flexibility index (Phi) is 7.07. The Labute approximate surface area is 185 Å². The molecule has 1 amide bonds. The third kappa shape index (κ3) is 5.78. The molecule has 0 bridgehead atoms. The van der Waals surface area contributed by atoms with E-state index in [9.17, 15) is 13.2 Å². The van der Waals surface area contributed by atoms with E-state index in [-0.39, 0.29) is 18.0 Å². The predicted octanol–water partition coefficient (Wildman–Crippen LogP) is 4.90. The molecule has 0 heterocycles. The van der Waals surface area contributed by atoms with Gasteiger partial charge in [0, 0.05) is 16.7 Å². The number of aryl methyl sites for hydroxylation is 2. The number of nitrogens with zero attached hydrogens (tertiary/aromatic N) is 1. The summed E-state index contributed by atoms with van der Waals surface area (Å²) in [6, 6.07) is 21.4. The molecule has 0 fully saturated rings. The summed E-state index contributed by atoms with van der Waals surface area (Å²) in [5, 5.41) is 2.77. The first-order valence-corrected chi connectivity index (χ1v) is 11.6. The van der Waals surface area contributed by atoms with E-state index >= 15 is 0 Å². The molecular weight excluding hydrogens is 464 g/mol. The molecule has 7 heteroatoms. The average molecular weight is 487 g/mol. The Bertz CT molecular complexity index is 1150. The van der Waals surface area contributed by atoms with E-state index in [1.165, 1.54) is 4.31 Å². The zero-order chi connectivity index (χ0) is 21.7. The Morgan fingerprint density at radius 2 is 1.63 bits per heavy atom. The van der Waals surface area contributed by atoms with Crippen molar-refractivity contribution in [1.82, 2.24) is 4.31 Å². The summed E-state index contributed by atoms with van der Waals surface area (Å²) in [6.07, 6.45) is 0. The van der Waals surface area contributed by atoms with E-state index in [0.717, 1.165) is 21.2 Å². The van der Waals surface area contributed by atoms with E-state index in [0.29, 0.717) is 5.69 Å². The van der Waals surface area contributed by atoms with Gasteiger partial charge in [-0.3, -0.25) is 4.79 Å².